The molecule has 0 bridgehead atoms. The molecule has 16 heavy (non-hydrogen) atoms. The van der Waals surface area contributed by atoms with Crippen molar-refractivity contribution in [2.45, 2.75) is 13.1 Å². The first kappa shape index (κ1) is 10.8. The standard InChI is InChI=1S/C12H12F2N2/c13-11-3-10(4-12(14)5-11)8-16-2-1-9(6-15)7-16/h1-5,7H,6,8,15H2. The highest BCUT2D eigenvalue weighted by atomic mass is 19.1. The highest BCUT2D eigenvalue weighted by Crippen LogP contribution is 2.10. The maximum atomic E-state index is 12.9. The van der Waals surface area contributed by atoms with E-state index in [2.05, 4.69) is 0 Å². The number of hydrogen-bond donors (Lipinski definition) is 1. The third-order valence-corrected chi connectivity index (χ3v) is 2.33. The number of benzene rings is 1. The van der Waals surface area contributed by atoms with Crippen molar-refractivity contribution in [3.8, 4) is 0 Å². The zero-order valence-corrected chi connectivity index (χ0v) is 8.66. The lowest BCUT2D eigenvalue weighted by Gasteiger charge is -2.03. The number of aromatic nitrogens is 1. The van der Waals surface area contributed by atoms with Gasteiger partial charge in [-0.1, -0.05) is 0 Å². The van der Waals surface area contributed by atoms with Crippen molar-refractivity contribution in [3.63, 3.8) is 0 Å². The van der Waals surface area contributed by atoms with Gasteiger partial charge in [-0.2, -0.15) is 0 Å². The largest absolute Gasteiger partial charge is 0.350 e. The topological polar surface area (TPSA) is 30.9 Å². The fourth-order valence-electron chi connectivity index (χ4n) is 1.62. The van der Waals surface area contributed by atoms with Crippen LogP contribution in [0.3, 0.4) is 0 Å². The Hall–Kier alpha value is -1.68. The summed E-state index contributed by atoms with van der Waals surface area (Å²) < 4.78 is 27.7. The van der Waals surface area contributed by atoms with Gasteiger partial charge < -0.3 is 10.3 Å². The summed E-state index contributed by atoms with van der Waals surface area (Å²) in [6.07, 6.45) is 3.70. The van der Waals surface area contributed by atoms with E-state index in [9.17, 15) is 8.78 Å². The Morgan fingerprint density at radius 3 is 2.31 bits per heavy atom. The van der Waals surface area contributed by atoms with Gasteiger partial charge in [0, 0.05) is 31.5 Å². The first-order valence-corrected chi connectivity index (χ1v) is 4.97. The van der Waals surface area contributed by atoms with Crippen LogP contribution in [-0.4, -0.2) is 4.57 Å². The van der Waals surface area contributed by atoms with Gasteiger partial charge in [0.2, 0.25) is 0 Å². The summed E-state index contributed by atoms with van der Waals surface area (Å²) in [7, 11) is 0. The zero-order chi connectivity index (χ0) is 11.5. The molecule has 2 N–H and O–H groups in total. The first-order chi connectivity index (χ1) is 7.67. The third-order valence-electron chi connectivity index (χ3n) is 2.33. The average molecular weight is 222 g/mol. The number of rotatable bonds is 3. The van der Waals surface area contributed by atoms with Crippen LogP contribution in [0.5, 0.6) is 0 Å². The Kier molecular flexibility index (Phi) is 3.01. The number of nitrogens with two attached hydrogens (primary N) is 1. The molecule has 1 heterocycles. The summed E-state index contributed by atoms with van der Waals surface area (Å²) in [4.78, 5) is 0. The molecule has 0 atom stereocenters. The van der Waals surface area contributed by atoms with E-state index >= 15 is 0 Å². The lowest BCUT2D eigenvalue weighted by atomic mass is 10.2. The second-order valence-electron chi connectivity index (χ2n) is 3.67. The molecule has 84 valence electrons. The van der Waals surface area contributed by atoms with Crippen molar-refractivity contribution in [3.05, 3.63) is 59.4 Å². The monoisotopic (exact) mass is 222 g/mol. The van der Waals surface area contributed by atoms with E-state index in [0.717, 1.165) is 11.6 Å². The molecular formula is C12H12F2N2. The third kappa shape index (κ3) is 2.46. The molecule has 2 aromatic rings. The fraction of sp³-hybridized carbons (Fsp3) is 0.167. The van der Waals surface area contributed by atoms with Gasteiger partial charge in [0.05, 0.1) is 0 Å². The summed E-state index contributed by atoms with van der Waals surface area (Å²) in [6.45, 7) is 0.902. The Bertz CT molecular complexity index is 471. The maximum absolute atomic E-state index is 12.9. The van der Waals surface area contributed by atoms with Gasteiger partial charge in [0.15, 0.2) is 0 Å². The van der Waals surface area contributed by atoms with Crippen LogP contribution in [0.2, 0.25) is 0 Å². The average Bonchev–Trinajstić information content (AvgIpc) is 2.64. The van der Waals surface area contributed by atoms with E-state index in [1.807, 2.05) is 23.0 Å². The van der Waals surface area contributed by atoms with Crippen LogP contribution < -0.4 is 5.73 Å². The summed E-state index contributed by atoms with van der Waals surface area (Å²) >= 11 is 0. The molecule has 1 aromatic carbocycles. The zero-order valence-electron chi connectivity index (χ0n) is 8.66. The van der Waals surface area contributed by atoms with Crippen LogP contribution in [0, 0.1) is 11.6 Å². The summed E-state index contributed by atoms with van der Waals surface area (Å²) in [5.41, 5.74) is 7.06. The lowest BCUT2D eigenvalue weighted by Crippen LogP contribution is -1.99. The molecule has 0 radical (unpaired) electrons. The molecule has 1 aromatic heterocycles. The maximum Gasteiger partial charge on any atom is 0.126 e. The molecule has 0 spiro atoms. The molecule has 0 aliphatic rings. The van der Waals surface area contributed by atoms with Gasteiger partial charge in [-0.15, -0.1) is 0 Å². The SMILES string of the molecule is NCc1ccn(Cc2cc(F)cc(F)c2)c1. The molecule has 0 amide bonds. The van der Waals surface area contributed by atoms with Crippen LogP contribution in [-0.2, 0) is 13.1 Å². The fourth-order valence-corrected chi connectivity index (χ4v) is 1.62. The molecule has 0 fully saturated rings. The predicted molar refractivity (Wildman–Crippen MR) is 57.8 cm³/mol. The minimum absolute atomic E-state index is 0.439. The Labute approximate surface area is 92.3 Å². The molecule has 4 heteroatoms. The predicted octanol–water partition coefficient (Wildman–Crippen LogP) is 2.27. The second-order valence-corrected chi connectivity index (χ2v) is 3.67. The number of hydrogen-bond acceptors (Lipinski definition) is 1. The van der Waals surface area contributed by atoms with Crippen LogP contribution in [0.25, 0.3) is 0 Å². The smallest absolute Gasteiger partial charge is 0.126 e. The van der Waals surface area contributed by atoms with E-state index in [4.69, 9.17) is 5.73 Å². The van der Waals surface area contributed by atoms with Gasteiger partial charge in [-0.05, 0) is 29.3 Å². The molecule has 0 saturated carbocycles. The minimum Gasteiger partial charge on any atom is -0.350 e. The quantitative estimate of drug-likeness (QED) is 0.848. The van der Waals surface area contributed by atoms with E-state index in [0.29, 0.717) is 18.7 Å². The minimum atomic E-state index is -0.554. The van der Waals surface area contributed by atoms with Crippen LogP contribution in [0.15, 0.2) is 36.7 Å². The van der Waals surface area contributed by atoms with Crippen molar-refractivity contribution in [1.29, 1.82) is 0 Å². The summed E-state index contributed by atoms with van der Waals surface area (Å²) in [6, 6.07) is 5.40. The van der Waals surface area contributed by atoms with Crippen LogP contribution in [0.1, 0.15) is 11.1 Å². The van der Waals surface area contributed by atoms with Crippen molar-refractivity contribution < 1.29 is 8.78 Å². The highest BCUT2D eigenvalue weighted by molar-refractivity contribution is 5.19. The van der Waals surface area contributed by atoms with Gasteiger partial charge >= 0.3 is 0 Å². The summed E-state index contributed by atoms with van der Waals surface area (Å²) in [5, 5.41) is 0. The van der Waals surface area contributed by atoms with Gasteiger partial charge in [-0.25, -0.2) is 8.78 Å². The van der Waals surface area contributed by atoms with Crippen molar-refractivity contribution in [1.82, 2.24) is 4.57 Å². The Balaban J connectivity index is 2.19. The van der Waals surface area contributed by atoms with Crippen LogP contribution in [0.4, 0.5) is 8.78 Å². The lowest BCUT2D eigenvalue weighted by molar-refractivity contribution is 0.577. The van der Waals surface area contributed by atoms with E-state index in [1.165, 1.54) is 12.1 Å². The van der Waals surface area contributed by atoms with Crippen LogP contribution >= 0.6 is 0 Å². The molecule has 0 aliphatic carbocycles. The van der Waals surface area contributed by atoms with Crippen molar-refractivity contribution in [2.75, 3.05) is 0 Å². The van der Waals surface area contributed by atoms with Crippen molar-refractivity contribution in [2.24, 2.45) is 5.73 Å². The number of nitrogens with zero attached hydrogens (tertiary/aromatic N) is 1. The Morgan fingerprint density at radius 1 is 1.06 bits per heavy atom. The molecule has 0 unspecified atom stereocenters. The molecule has 2 nitrogen and oxygen atoms in total. The highest BCUT2D eigenvalue weighted by Gasteiger charge is 2.02. The molecule has 0 aliphatic heterocycles. The van der Waals surface area contributed by atoms with E-state index in [-0.39, 0.29) is 0 Å². The normalized spacial score (nSPS) is 10.7. The number of halogens is 2. The second kappa shape index (κ2) is 4.45. The Morgan fingerprint density at radius 2 is 1.75 bits per heavy atom. The van der Waals surface area contributed by atoms with Gasteiger partial charge in [0.25, 0.3) is 0 Å². The first-order valence-electron chi connectivity index (χ1n) is 4.97. The van der Waals surface area contributed by atoms with Crippen molar-refractivity contribution >= 4 is 0 Å². The van der Waals surface area contributed by atoms with E-state index in [1.54, 1.807) is 0 Å². The van der Waals surface area contributed by atoms with Gasteiger partial charge in [-0.3, -0.25) is 0 Å². The molecular weight excluding hydrogens is 210 g/mol. The molecule has 2 rings (SSSR count). The molecule has 0 saturated heterocycles. The summed E-state index contributed by atoms with van der Waals surface area (Å²) in [5.74, 6) is -1.11. The van der Waals surface area contributed by atoms with E-state index < -0.39 is 11.6 Å². The van der Waals surface area contributed by atoms with Gasteiger partial charge in [0.1, 0.15) is 11.6 Å².